The van der Waals surface area contributed by atoms with E-state index in [2.05, 4.69) is 49.5 Å². The van der Waals surface area contributed by atoms with Crippen LogP contribution < -0.4 is 10.7 Å². The van der Waals surface area contributed by atoms with E-state index < -0.39 is 71.5 Å². The van der Waals surface area contributed by atoms with Crippen LogP contribution in [0.3, 0.4) is 0 Å². The molecule has 0 spiro atoms. The van der Waals surface area contributed by atoms with Crippen LogP contribution in [0.1, 0.15) is 100 Å². The smallest absolute Gasteiger partial charge is 0.425 e. The second-order valence-corrected chi connectivity index (χ2v) is 18.6. The molecule has 0 bridgehead atoms. The zero-order valence-electron chi connectivity index (χ0n) is 38.3. The maximum atomic E-state index is 14.5. The van der Waals surface area contributed by atoms with Gasteiger partial charge in [0.25, 0.3) is 0 Å². The van der Waals surface area contributed by atoms with Crippen LogP contribution in [0.4, 0.5) is 4.79 Å². The highest BCUT2D eigenvalue weighted by atomic mass is 16.7. The quantitative estimate of drug-likeness (QED) is 0.136. The van der Waals surface area contributed by atoms with E-state index in [1.807, 2.05) is 77.2 Å². The number of hydrogen-bond donors (Lipinski definition) is 3. The van der Waals surface area contributed by atoms with Crippen molar-refractivity contribution in [1.29, 1.82) is 0 Å². The van der Waals surface area contributed by atoms with E-state index in [9.17, 15) is 19.5 Å². The normalized spacial score (nSPS) is 37.3. The molecule has 3 aliphatic rings. The summed E-state index contributed by atoms with van der Waals surface area (Å²) in [7, 11) is 5.42. The number of ketones is 1. The lowest BCUT2D eigenvalue weighted by molar-refractivity contribution is -0.295. The fourth-order valence-corrected chi connectivity index (χ4v) is 10.3. The molecule has 0 radical (unpaired) electrons. The van der Waals surface area contributed by atoms with E-state index in [0.717, 1.165) is 23.7 Å². The molecule has 1 aromatic heterocycles. The van der Waals surface area contributed by atoms with Crippen molar-refractivity contribution >= 4 is 28.7 Å². The number of nitrogens with zero attached hydrogens (tertiary/aromatic N) is 3. The van der Waals surface area contributed by atoms with Gasteiger partial charge in [-0.2, -0.15) is 0 Å². The molecule has 3 fully saturated rings. The average Bonchev–Trinajstić information content (AvgIpc) is 3.47. The van der Waals surface area contributed by atoms with Gasteiger partial charge in [0.05, 0.1) is 29.4 Å². The summed E-state index contributed by atoms with van der Waals surface area (Å²) in [5.74, 6) is -3.56. The number of cyclic esters (lactones) is 1. The molecule has 3 aliphatic heterocycles. The first kappa shape index (κ1) is 47.8. The van der Waals surface area contributed by atoms with Gasteiger partial charge in [-0.3, -0.25) is 14.6 Å². The predicted octanol–water partition coefficient (Wildman–Crippen LogP) is 5.67. The highest BCUT2D eigenvalue weighted by Crippen LogP contribution is 2.43. The van der Waals surface area contributed by atoms with E-state index in [4.69, 9.17) is 23.7 Å². The molecule has 14 heteroatoms. The van der Waals surface area contributed by atoms with Crippen molar-refractivity contribution in [1.82, 2.24) is 25.6 Å². The molecule has 336 valence electrons. The Morgan fingerprint density at radius 2 is 1.77 bits per heavy atom. The lowest BCUT2D eigenvalue weighted by atomic mass is 9.71. The first-order valence-electron chi connectivity index (χ1n) is 22.1. The zero-order valence-corrected chi connectivity index (χ0v) is 38.3. The number of aryl methyl sites for hydroxylation is 1. The number of ether oxygens (including phenoxy) is 5. The van der Waals surface area contributed by atoms with Gasteiger partial charge in [-0.05, 0) is 103 Å². The van der Waals surface area contributed by atoms with Gasteiger partial charge < -0.3 is 39.0 Å². The van der Waals surface area contributed by atoms with Gasteiger partial charge >= 0.3 is 12.1 Å². The Hall–Kier alpha value is -3.24. The summed E-state index contributed by atoms with van der Waals surface area (Å²) in [4.78, 5) is 49.2. The number of nitrogens with one attached hydrogen (secondary N) is 2. The summed E-state index contributed by atoms with van der Waals surface area (Å²) >= 11 is 0. The Balaban J connectivity index is 1.53. The molecule has 0 saturated carbocycles. The van der Waals surface area contributed by atoms with Crippen LogP contribution >= 0.6 is 0 Å². The van der Waals surface area contributed by atoms with Crippen LogP contribution in [0.25, 0.3) is 10.9 Å². The summed E-state index contributed by atoms with van der Waals surface area (Å²) in [5, 5.41) is 18.1. The van der Waals surface area contributed by atoms with Gasteiger partial charge in [0.1, 0.15) is 18.1 Å². The van der Waals surface area contributed by atoms with Gasteiger partial charge in [0.15, 0.2) is 17.7 Å². The number of amides is 1. The topological polar surface area (TPSA) is 161 Å². The van der Waals surface area contributed by atoms with Crippen LogP contribution in [0.5, 0.6) is 0 Å². The zero-order chi connectivity index (χ0) is 44.3. The number of aromatic nitrogens is 1. The lowest BCUT2D eigenvalue weighted by Gasteiger charge is -2.48. The summed E-state index contributed by atoms with van der Waals surface area (Å²) in [6.45, 7) is 19.8. The van der Waals surface area contributed by atoms with E-state index in [1.54, 1.807) is 26.0 Å². The largest absolute Gasteiger partial charge is 0.458 e. The lowest BCUT2D eigenvalue weighted by Crippen LogP contribution is -2.63. The molecule has 1 unspecified atom stereocenters. The number of benzene rings is 1. The number of esters is 1. The number of likely N-dealkylation sites (N-methyl/N-ethyl adjacent to an activating group) is 1. The van der Waals surface area contributed by atoms with Gasteiger partial charge in [0.2, 0.25) is 0 Å². The second-order valence-electron chi connectivity index (χ2n) is 18.6. The van der Waals surface area contributed by atoms with Gasteiger partial charge in [0, 0.05) is 49.3 Å². The third-order valence-corrected chi connectivity index (χ3v) is 13.5. The highest BCUT2D eigenvalue weighted by molar-refractivity contribution is 6.00. The highest BCUT2D eigenvalue weighted by Gasteiger charge is 2.61. The number of hydrazine groups is 1. The Morgan fingerprint density at radius 1 is 1.07 bits per heavy atom. The van der Waals surface area contributed by atoms with Crippen molar-refractivity contribution < 1.29 is 43.2 Å². The van der Waals surface area contributed by atoms with Crippen molar-refractivity contribution in [3.8, 4) is 0 Å². The molecule has 14 atom stereocenters. The molecule has 0 aliphatic carbocycles. The standard InChI is InChI=1S/C46H73N5O9/c1-14-36-46(10)40(51(44(55)60-46)48-22-17-18-32-21-23-47-34-20-16-15-19-33(32)34)29(6)37(49-26(2)3)27(4)25-45(9,56-13)41(30(7)38(52)31(8)42(54)58-36)59-43-39(53)35(50(11)12)24-28(5)57-43/h15-16,19-21,23,26-31,35-37,39-41,43,48-49,53H,14,17-18,22,24-25H2,1-13H3/t27-,28-,29-,30+,31-,35+,36+,37?,39-,40-,41-,43+,45+,46-/m1/s1. The number of carbonyl (C=O) groups is 3. The fraction of sp³-hybridized carbons (Fsp3) is 0.739. The predicted molar refractivity (Wildman–Crippen MR) is 230 cm³/mol. The van der Waals surface area contributed by atoms with E-state index in [1.165, 1.54) is 5.56 Å². The number of hydrogen-bond acceptors (Lipinski definition) is 13. The first-order valence-corrected chi connectivity index (χ1v) is 22.1. The molecule has 5 rings (SSSR count). The van der Waals surface area contributed by atoms with Crippen molar-refractivity contribution in [2.24, 2.45) is 23.7 Å². The summed E-state index contributed by atoms with van der Waals surface area (Å²) in [6, 6.07) is 9.08. The first-order chi connectivity index (χ1) is 28.3. The molecule has 3 N–H and O–H groups in total. The summed E-state index contributed by atoms with van der Waals surface area (Å²) < 4.78 is 32.0. The molecule has 2 aromatic rings. The average molecular weight is 840 g/mol. The minimum atomic E-state index is -1.28. The van der Waals surface area contributed by atoms with Gasteiger partial charge in [-0.1, -0.05) is 59.7 Å². The van der Waals surface area contributed by atoms with E-state index in [-0.39, 0.29) is 36.1 Å². The number of para-hydroxylation sites is 1. The molecule has 4 heterocycles. The minimum Gasteiger partial charge on any atom is -0.458 e. The van der Waals surface area contributed by atoms with Crippen molar-refractivity contribution in [2.75, 3.05) is 27.7 Å². The van der Waals surface area contributed by atoms with Crippen molar-refractivity contribution in [2.45, 2.75) is 167 Å². The number of aliphatic hydroxyl groups excluding tert-OH is 1. The Kier molecular flexibility index (Phi) is 15.8. The molecule has 60 heavy (non-hydrogen) atoms. The van der Waals surface area contributed by atoms with Crippen LogP contribution in [-0.2, 0) is 39.7 Å². The Labute approximate surface area is 357 Å². The number of carbonyl (C=O) groups excluding carboxylic acids is 3. The maximum absolute atomic E-state index is 14.5. The Bertz CT molecular complexity index is 1770. The fourth-order valence-electron chi connectivity index (χ4n) is 10.3. The minimum absolute atomic E-state index is 0.0527. The molecular weight excluding hydrogens is 767 g/mol. The second kappa shape index (κ2) is 19.9. The van der Waals surface area contributed by atoms with E-state index >= 15 is 0 Å². The van der Waals surface area contributed by atoms with Crippen molar-refractivity contribution in [3.05, 3.63) is 42.1 Å². The van der Waals surface area contributed by atoms with E-state index in [0.29, 0.717) is 25.8 Å². The number of rotatable bonds is 12. The monoisotopic (exact) mass is 840 g/mol. The third kappa shape index (κ3) is 10.0. The number of pyridine rings is 1. The van der Waals surface area contributed by atoms with Crippen LogP contribution in [-0.4, -0.2) is 132 Å². The summed E-state index contributed by atoms with van der Waals surface area (Å²) in [5.41, 5.74) is 3.16. The number of Topliss-reactive ketones (excluding diaryl/α,β-unsaturated/α-hetero) is 1. The summed E-state index contributed by atoms with van der Waals surface area (Å²) in [6.07, 6.45) is 0.0376. The van der Waals surface area contributed by atoms with Crippen LogP contribution in [0.2, 0.25) is 0 Å². The molecule has 1 aromatic carbocycles. The maximum Gasteiger partial charge on any atom is 0.425 e. The van der Waals surface area contributed by atoms with Crippen LogP contribution in [0.15, 0.2) is 36.5 Å². The number of fused-ring (bicyclic) bond motifs is 2. The SMILES string of the molecule is CC[C@@H]1OC(=O)[C@H](C)C(=O)[C@H](C)[C@@H](O[C@@H]2O[C@H](C)C[C@H](N(C)C)[C@H]2O)[C@@](C)(OC)C[C@@H](C)C(NC(C)C)[C@@H](C)[C@H]2N(NCCCc3ccnc4ccccc34)C(=O)O[C@]12C. The third-order valence-electron chi connectivity index (χ3n) is 13.5. The Morgan fingerprint density at radius 3 is 2.42 bits per heavy atom. The number of aliphatic hydroxyl groups is 1. The van der Waals surface area contributed by atoms with Crippen molar-refractivity contribution in [3.63, 3.8) is 0 Å². The molecule has 14 nitrogen and oxygen atoms in total. The van der Waals surface area contributed by atoms with Gasteiger partial charge in [-0.15, -0.1) is 0 Å². The molecule has 1 amide bonds. The number of methoxy groups -OCH3 is 1. The van der Waals surface area contributed by atoms with Crippen LogP contribution in [0, 0.1) is 23.7 Å². The molecular formula is C46H73N5O9. The van der Waals surface area contributed by atoms with Gasteiger partial charge in [-0.25, -0.2) is 15.2 Å². The molecule has 3 saturated heterocycles.